The van der Waals surface area contributed by atoms with E-state index in [1.54, 1.807) is 0 Å². The number of nitrogens with zero attached hydrogens (tertiary/aromatic N) is 3. The average Bonchev–Trinajstić information content (AvgIpc) is 2.95. The summed E-state index contributed by atoms with van der Waals surface area (Å²) < 4.78 is 11.2. The molecule has 18 heavy (non-hydrogen) atoms. The first-order valence-electron chi connectivity index (χ1n) is 6.82. The van der Waals surface area contributed by atoms with Gasteiger partial charge in [0, 0.05) is 25.2 Å². The van der Waals surface area contributed by atoms with Crippen LogP contribution in [0.5, 0.6) is 0 Å². The second kappa shape index (κ2) is 4.63. The Morgan fingerprint density at radius 1 is 1.39 bits per heavy atom. The van der Waals surface area contributed by atoms with Crippen LogP contribution in [0.1, 0.15) is 44.3 Å². The Hall–Kier alpha value is -0.940. The van der Waals surface area contributed by atoms with E-state index in [2.05, 4.69) is 28.9 Å². The molecule has 0 spiro atoms. The maximum atomic E-state index is 5.86. The van der Waals surface area contributed by atoms with E-state index < -0.39 is 0 Å². The van der Waals surface area contributed by atoms with E-state index in [0.29, 0.717) is 24.1 Å². The minimum absolute atomic E-state index is 0.313. The first kappa shape index (κ1) is 12.1. The highest BCUT2D eigenvalue weighted by Gasteiger charge is 2.42. The molecule has 100 valence electrons. The molecule has 0 radical (unpaired) electrons. The van der Waals surface area contributed by atoms with E-state index in [0.717, 1.165) is 37.7 Å². The van der Waals surface area contributed by atoms with Gasteiger partial charge in [0.25, 0.3) is 0 Å². The fourth-order valence-electron chi connectivity index (χ4n) is 3.24. The van der Waals surface area contributed by atoms with E-state index in [-0.39, 0.29) is 0 Å². The van der Waals surface area contributed by atoms with Gasteiger partial charge < -0.3 is 9.26 Å². The van der Waals surface area contributed by atoms with Gasteiger partial charge in [-0.25, -0.2) is 0 Å². The van der Waals surface area contributed by atoms with Crippen LogP contribution in [0, 0.1) is 6.92 Å². The van der Waals surface area contributed by atoms with Crippen molar-refractivity contribution in [2.24, 2.45) is 0 Å². The first-order valence-corrected chi connectivity index (χ1v) is 6.82. The maximum Gasteiger partial charge on any atom is 0.231 e. The summed E-state index contributed by atoms with van der Waals surface area (Å²) in [5.41, 5.74) is 0. The number of aromatic nitrogens is 2. The van der Waals surface area contributed by atoms with Crippen LogP contribution in [0.15, 0.2) is 4.52 Å². The molecule has 3 heterocycles. The zero-order chi connectivity index (χ0) is 12.7. The van der Waals surface area contributed by atoms with Crippen LogP contribution in [0.25, 0.3) is 0 Å². The number of hydrogen-bond donors (Lipinski definition) is 0. The summed E-state index contributed by atoms with van der Waals surface area (Å²) in [6.07, 6.45) is 2.49. The summed E-state index contributed by atoms with van der Waals surface area (Å²) >= 11 is 0. The summed E-state index contributed by atoms with van der Waals surface area (Å²) in [7, 11) is 0. The fraction of sp³-hybridized carbons (Fsp3) is 0.846. The van der Waals surface area contributed by atoms with Crippen molar-refractivity contribution in [3.05, 3.63) is 11.7 Å². The molecule has 2 saturated heterocycles. The quantitative estimate of drug-likeness (QED) is 0.801. The molecule has 0 N–H and O–H groups in total. The number of fused-ring (bicyclic) bond motifs is 1. The number of rotatable bonds is 2. The number of aryl methyl sites for hydroxylation is 1. The standard InChI is InChI=1S/C13H21N3O2/c1-8(2)16-7-10(13-14-9(3)15-18-13)6-12-11(16)4-5-17-12/h8,10-12H,4-7H2,1-3H3/t10-,11-,12-/m1/s1. The Bertz CT molecular complexity index is 418. The third-order valence-corrected chi connectivity index (χ3v) is 4.10. The molecule has 0 unspecified atom stereocenters. The lowest BCUT2D eigenvalue weighted by Gasteiger charge is -2.42. The molecule has 3 atom stereocenters. The van der Waals surface area contributed by atoms with Gasteiger partial charge in [0.1, 0.15) is 0 Å². The van der Waals surface area contributed by atoms with Gasteiger partial charge in [-0.15, -0.1) is 0 Å². The molecule has 3 rings (SSSR count). The second-order valence-electron chi connectivity index (χ2n) is 5.67. The maximum absolute atomic E-state index is 5.86. The summed E-state index contributed by atoms with van der Waals surface area (Å²) in [6, 6.07) is 1.11. The van der Waals surface area contributed by atoms with Crippen molar-refractivity contribution < 1.29 is 9.26 Å². The molecule has 1 aromatic heterocycles. The first-order chi connectivity index (χ1) is 8.65. The lowest BCUT2D eigenvalue weighted by Crippen LogP contribution is -2.51. The van der Waals surface area contributed by atoms with E-state index in [4.69, 9.17) is 9.26 Å². The van der Waals surface area contributed by atoms with E-state index in [1.165, 1.54) is 0 Å². The molecule has 2 aliphatic rings. The third-order valence-electron chi connectivity index (χ3n) is 4.10. The van der Waals surface area contributed by atoms with Crippen LogP contribution in [0.4, 0.5) is 0 Å². The van der Waals surface area contributed by atoms with Crippen LogP contribution in [-0.2, 0) is 4.74 Å². The lowest BCUT2D eigenvalue weighted by molar-refractivity contribution is -0.000920. The highest BCUT2D eigenvalue weighted by atomic mass is 16.5. The molecule has 2 aliphatic heterocycles. The van der Waals surface area contributed by atoms with Gasteiger partial charge in [0.05, 0.1) is 12.0 Å². The van der Waals surface area contributed by atoms with Crippen LogP contribution in [0.3, 0.4) is 0 Å². The van der Waals surface area contributed by atoms with Gasteiger partial charge in [0.2, 0.25) is 5.89 Å². The number of likely N-dealkylation sites (tertiary alicyclic amines) is 1. The molecular weight excluding hydrogens is 230 g/mol. The van der Waals surface area contributed by atoms with Gasteiger partial charge in [-0.3, -0.25) is 4.90 Å². The molecule has 0 amide bonds. The van der Waals surface area contributed by atoms with Gasteiger partial charge in [0.15, 0.2) is 5.82 Å². The van der Waals surface area contributed by atoms with Crippen molar-refractivity contribution in [1.82, 2.24) is 15.0 Å². The summed E-state index contributed by atoms with van der Waals surface area (Å²) in [6.45, 7) is 8.25. The molecule has 2 fully saturated rings. The zero-order valence-electron chi connectivity index (χ0n) is 11.3. The molecule has 5 heteroatoms. The molecular formula is C13H21N3O2. The third kappa shape index (κ3) is 2.06. The van der Waals surface area contributed by atoms with Crippen molar-refractivity contribution in [2.75, 3.05) is 13.2 Å². The Kier molecular flexibility index (Phi) is 3.11. The van der Waals surface area contributed by atoms with E-state index >= 15 is 0 Å². The van der Waals surface area contributed by atoms with Gasteiger partial charge >= 0.3 is 0 Å². The van der Waals surface area contributed by atoms with Gasteiger partial charge in [-0.2, -0.15) is 4.98 Å². The Morgan fingerprint density at radius 3 is 2.89 bits per heavy atom. The largest absolute Gasteiger partial charge is 0.377 e. The molecule has 5 nitrogen and oxygen atoms in total. The molecule has 0 aromatic carbocycles. The Labute approximate surface area is 107 Å². The fourth-order valence-corrected chi connectivity index (χ4v) is 3.24. The van der Waals surface area contributed by atoms with Crippen molar-refractivity contribution >= 4 is 0 Å². The highest BCUT2D eigenvalue weighted by molar-refractivity contribution is 5.03. The van der Waals surface area contributed by atoms with E-state index in [9.17, 15) is 0 Å². The van der Waals surface area contributed by atoms with Crippen molar-refractivity contribution in [2.45, 2.75) is 57.7 Å². The summed E-state index contributed by atoms with van der Waals surface area (Å²) in [5.74, 6) is 1.80. The molecule has 0 bridgehead atoms. The number of piperidine rings is 1. The van der Waals surface area contributed by atoms with Crippen LogP contribution >= 0.6 is 0 Å². The van der Waals surface area contributed by atoms with Crippen molar-refractivity contribution in [3.63, 3.8) is 0 Å². The minimum atomic E-state index is 0.313. The van der Waals surface area contributed by atoms with Gasteiger partial charge in [-0.1, -0.05) is 5.16 Å². The van der Waals surface area contributed by atoms with Crippen molar-refractivity contribution in [3.8, 4) is 0 Å². The van der Waals surface area contributed by atoms with Crippen LogP contribution in [0.2, 0.25) is 0 Å². The average molecular weight is 251 g/mol. The smallest absolute Gasteiger partial charge is 0.231 e. The minimum Gasteiger partial charge on any atom is -0.377 e. The van der Waals surface area contributed by atoms with E-state index in [1.807, 2.05) is 6.92 Å². The van der Waals surface area contributed by atoms with Crippen LogP contribution in [-0.4, -0.2) is 46.4 Å². The number of ether oxygens (including phenoxy) is 1. The predicted octanol–water partition coefficient (Wildman–Crippen LogP) is 1.73. The Balaban J connectivity index is 1.81. The number of hydrogen-bond acceptors (Lipinski definition) is 5. The predicted molar refractivity (Wildman–Crippen MR) is 66.4 cm³/mol. The molecule has 0 saturated carbocycles. The summed E-state index contributed by atoms with van der Waals surface area (Å²) in [4.78, 5) is 6.92. The Morgan fingerprint density at radius 2 is 2.22 bits per heavy atom. The normalized spacial score (nSPS) is 33.0. The highest BCUT2D eigenvalue weighted by Crippen LogP contribution is 2.36. The van der Waals surface area contributed by atoms with Crippen LogP contribution < -0.4 is 0 Å². The SMILES string of the molecule is Cc1noc([C@@H]2C[C@H]3OCC[C@H]3N(C(C)C)C2)n1. The van der Waals surface area contributed by atoms with Crippen molar-refractivity contribution in [1.29, 1.82) is 0 Å². The van der Waals surface area contributed by atoms with Gasteiger partial charge in [-0.05, 0) is 33.6 Å². The second-order valence-corrected chi connectivity index (χ2v) is 5.67. The molecule has 0 aliphatic carbocycles. The monoisotopic (exact) mass is 251 g/mol. The molecule has 1 aromatic rings. The summed E-state index contributed by atoms with van der Waals surface area (Å²) in [5, 5.41) is 3.90. The zero-order valence-corrected chi connectivity index (χ0v) is 11.3. The lowest BCUT2D eigenvalue weighted by atomic mass is 9.89. The topological polar surface area (TPSA) is 51.4 Å².